The summed E-state index contributed by atoms with van der Waals surface area (Å²) in [5.41, 5.74) is 2.19. The summed E-state index contributed by atoms with van der Waals surface area (Å²) >= 11 is 6.30. The quantitative estimate of drug-likeness (QED) is 0.634. The van der Waals surface area contributed by atoms with Crippen LogP contribution in [0.4, 0.5) is 4.39 Å². The van der Waals surface area contributed by atoms with E-state index in [2.05, 4.69) is 0 Å². The summed E-state index contributed by atoms with van der Waals surface area (Å²) in [5.74, 6) is -1.78. The van der Waals surface area contributed by atoms with Crippen LogP contribution >= 0.6 is 11.6 Å². The van der Waals surface area contributed by atoms with Crippen molar-refractivity contribution in [2.45, 2.75) is 29.8 Å². The Morgan fingerprint density at radius 1 is 1.29 bits per heavy atom. The summed E-state index contributed by atoms with van der Waals surface area (Å²) in [7, 11) is -4.27. The molecule has 8 heteroatoms. The van der Waals surface area contributed by atoms with Gasteiger partial charge in [0.1, 0.15) is 0 Å². The van der Waals surface area contributed by atoms with Gasteiger partial charge in [0.15, 0.2) is 0 Å². The third kappa shape index (κ3) is 2.93. The highest BCUT2D eigenvalue weighted by atomic mass is 35.5. The van der Waals surface area contributed by atoms with Crippen molar-refractivity contribution >= 4 is 27.3 Å². The van der Waals surface area contributed by atoms with E-state index < -0.39 is 32.2 Å². The molecular weight excluding hydrogens is 357 g/mol. The summed E-state index contributed by atoms with van der Waals surface area (Å²) in [6, 6.07) is 8.03. The average Bonchev–Trinajstić information content (AvgIpc) is 3.13. The van der Waals surface area contributed by atoms with Gasteiger partial charge in [0.05, 0.1) is 5.92 Å². The summed E-state index contributed by atoms with van der Waals surface area (Å²) in [6.45, 7) is 0. The molecule has 1 aromatic rings. The van der Waals surface area contributed by atoms with E-state index in [1.165, 1.54) is 12.1 Å². The van der Waals surface area contributed by atoms with Crippen molar-refractivity contribution in [3.63, 3.8) is 0 Å². The minimum atomic E-state index is -4.27. The summed E-state index contributed by atoms with van der Waals surface area (Å²) in [4.78, 5) is 16.9. The van der Waals surface area contributed by atoms with Crippen LogP contribution in [0.25, 0.3) is 0 Å². The second-order valence-corrected chi connectivity index (χ2v) is 9.16. The molecule has 2 aliphatic carbocycles. The van der Waals surface area contributed by atoms with Crippen molar-refractivity contribution in [3.8, 4) is 0 Å². The molecule has 0 aromatic heterocycles. The second kappa shape index (κ2) is 6.28. The van der Waals surface area contributed by atoms with Crippen molar-refractivity contribution in [3.05, 3.63) is 35.9 Å². The van der Waals surface area contributed by atoms with Gasteiger partial charge in [-0.05, 0) is 43.2 Å². The number of fused-ring (bicyclic) bond motifs is 2. The van der Waals surface area contributed by atoms with Crippen LogP contribution in [0.5, 0.6) is 0 Å². The van der Waals surface area contributed by atoms with Gasteiger partial charge in [-0.2, -0.15) is 4.39 Å². The van der Waals surface area contributed by atoms with Gasteiger partial charge in [0.25, 0.3) is 5.91 Å². The Balaban J connectivity index is 1.81. The smallest absolute Gasteiger partial charge is 0.267 e. The zero-order chi connectivity index (χ0) is 17.5. The highest BCUT2D eigenvalue weighted by molar-refractivity contribution is 7.91. The molecule has 0 radical (unpaired) electrons. The lowest BCUT2D eigenvalue weighted by Crippen LogP contribution is -2.53. The number of carbonyl (C=O) groups is 1. The number of benzene rings is 1. The van der Waals surface area contributed by atoms with Crippen molar-refractivity contribution in [1.82, 2.24) is 5.48 Å². The summed E-state index contributed by atoms with van der Waals surface area (Å²) in [5, 5.41) is -3.67. The van der Waals surface area contributed by atoms with Crippen LogP contribution in [0.2, 0.25) is 0 Å². The molecule has 2 saturated carbocycles. The Kier molecular flexibility index (Phi) is 4.61. The predicted molar refractivity (Wildman–Crippen MR) is 87.6 cm³/mol. The molecule has 5 nitrogen and oxygen atoms in total. The maximum atomic E-state index is 15.5. The fourth-order valence-electron chi connectivity index (χ4n) is 3.85. The zero-order valence-corrected chi connectivity index (χ0v) is 14.7. The minimum absolute atomic E-state index is 0.0898. The van der Waals surface area contributed by atoms with E-state index in [0.29, 0.717) is 6.42 Å². The van der Waals surface area contributed by atoms with E-state index in [9.17, 15) is 13.2 Å². The number of amides is 1. The van der Waals surface area contributed by atoms with Gasteiger partial charge in [-0.1, -0.05) is 18.2 Å². The zero-order valence-electron chi connectivity index (χ0n) is 13.1. The first-order valence-electron chi connectivity index (χ1n) is 7.80. The highest BCUT2D eigenvalue weighted by Crippen LogP contribution is 2.56. The van der Waals surface area contributed by atoms with Crippen molar-refractivity contribution < 1.29 is 22.4 Å². The number of hydroxylamine groups is 1. The molecule has 1 amide bonds. The molecule has 2 aliphatic rings. The van der Waals surface area contributed by atoms with Crippen LogP contribution < -0.4 is 5.48 Å². The molecule has 0 spiro atoms. The van der Waals surface area contributed by atoms with Gasteiger partial charge in [0.2, 0.25) is 9.84 Å². The van der Waals surface area contributed by atoms with Gasteiger partial charge >= 0.3 is 5.19 Å². The van der Waals surface area contributed by atoms with Crippen LogP contribution in [0.3, 0.4) is 0 Å². The van der Waals surface area contributed by atoms with E-state index in [4.69, 9.17) is 16.4 Å². The molecule has 0 aliphatic heterocycles. The fraction of sp³-hybridized carbons (Fsp3) is 0.562. The molecule has 5 unspecified atom stereocenters. The Bertz CT molecular complexity index is 727. The first-order valence-corrected chi connectivity index (χ1v) is 10.1. The molecule has 0 saturated heterocycles. The topological polar surface area (TPSA) is 72.5 Å². The maximum Gasteiger partial charge on any atom is 0.335 e. The highest BCUT2D eigenvalue weighted by Gasteiger charge is 2.63. The summed E-state index contributed by atoms with van der Waals surface area (Å²) in [6.07, 6.45) is 3.04. The number of rotatable bonds is 5. The van der Waals surface area contributed by atoms with Crippen LogP contribution in [-0.4, -0.2) is 31.1 Å². The van der Waals surface area contributed by atoms with Gasteiger partial charge < -0.3 is 0 Å². The van der Waals surface area contributed by atoms with Gasteiger partial charge in [-0.25, -0.2) is 18.7 Å². The molecule has 132 valence electrons. The van der Waals surface area contributed by atoms with Crippen molar-refractivity contribution in [1.29, 1.82) is 0 Å². The van der Waals surface area contributed by atoms with Crippen molar-refractivity contribution in [2.75, 3.05) is 6.26 Å². The molecule has 5 atom stereocenters. The number of nitrogens with one attached hydrogen (secondary N) is 1. The number of carbonyl (C=O) groups excluding carboxylic acids is 1. The Hall–Kier alpha value is -1.18. The van der Waals surface area contributed by atoms with E-state index in [1.807, 2.05) is 5.48 Å². The SMILES string of the molecule is CS(=O)(=O)C(F)(ONC(=O)c1ccccc1)C1C2CCC(C2)C1Cl. The van der Waals surface area contributed by atoms with Crippen LogP contribution in [-0.2, 0) is 14.7 Å². The molecule has 2 fully saturated rings. The Labute approximate surface area is 145 Å². The molecule has 2 bridgehead atoms. The maximum absolute atomic E-state index is 15.5. The predicted octanol–water partition coefficient (Wildman–Crippen LogP) is 2.67. The molecule has 1 N–H and O–H groups in total. The second-order valence-electron chi connectivity index (χ2n) is 6.56. The van der Waals surface area contributed by atoms with Crippen molar-refractivity contribution in [2.24, 2.45) is 17.8 Å². The molecule has 0 heterocycles. The molecular formula is C16H19ClFNO4S. The molecule has 3 rings (SSSR count). The van der Waals surface area contributed by atoms with E-state index in [-0.39, 0.29) is 17.4 Å². The number of hydrogen-bond acceptors (Lipinski definition) is 4. The number of sulfone groups is 1. The number of hydrogen-bond donors (Lipinski definition) is 1. The van der Waals surface area contributed by atoms with Crippen LogP contribution in [0.1, 0.15) is 29.6 Å². The monoisotopic (exact) mass is 375 g/mol. The minimum Gasteiger partial charge on any atom is -0.267 e. The van der Waals surface area contributed by atoms with Gasteiger partial charge in [0, 0.05) is 17.2 Å². The van der Waals surface area contributed by atoms with Crippen LogP contribution in [0.15, 0.2) is 30.3 Å². The lowest BCUT2D eigenvalue weighted by Gasteiger charge is -2.36. The normalized spacial score (nSPS) is 31.6. The summed E-state index contributed by atoms with van der Waals surface area (Å²) < 4.78 is 39.7. The fourth-order valence-corrected chi connectivity index (χ4v) is 5.55. The largest absolute Gasteiger partial charge is 0.335 e. The Morgan fingerprint density at radius 3 is 2.46 bits per heavy atom. The van der Waals surface area contributed by atoms with E-state index >= 15 is 4.39 Å². The third-order valence-electron chi connectivity index (χ3n) is 5.04. The molecule has 24 heavy (non-hydrogen) atoms. The lowest BCUT2D eigenvalue weighted by atomic mass is 9.88. The van der Waals surface area contributed by atoms with Gasteiger partial charge in [-0.3, -0.25) is 4.79 Å². The van der Waals surface area contributed by atoms with Gasteiger partial charge in [-0.15, -0.1) is 11.6 Å². The standard InChI is InChI=1S/C16H19ClFNO4S/c1-24(21,22)16(18,13-11-7-8-12(9-11)14(13)17)23-19-15(20)10-5-3-2-4-6-10/h2-6,11-14H,7-9H2,1H3,(H,19,20). The first kappa shape index (κ1) is 17.6. The number of alkyl halides is 2. The lowest BCUT2D eigenvalue weighted by molar-refractivity contribution is -0.159. The van der Waals surface area contributed by atoms with Crippen LogP contribution in [0, 0.1) is 17.8 Å². The average molecular weight is 376 g/mol. The first-order chi connectivity index (χ1) is 11.2. The number of halogens is 2. The van der Waals surface area contributed by atoms with E-state index in [1.54, 1.807) is 18.2 Å². The van der Waals surface area contributed by atoms with E-state index in [0.717, 1.165) is 19.1 Å². The Morgan fingerprint density at radius 2 is 1.92 bits per heavy atom. The third-order valence-corrected chi connectivity index (χ3v) is 7.03. The molecule has 1 aromatic carbocycles.